The summed E-state index contributed by atoms with van der Waals surface area (Å²) in [6, 6.07) is 2.75. The second-order valence-corrected chi connectivity index (χ2v) is 5.56. The van der Waals surface area contributed by atoms with Crippen molar-refractivity contribution in [2.75, 3.05) is 6.61 Å². The molecule has 0 bridgehead atoms. The molecule has 0 aliphatic carbocycles. The number of esters is 1. The van der Waals surface area contributed by atoms with E-state index in [2.05, 4.69) is 10.1 Å². The summed E-state index contributed by atoms with van der Waals surface area (Å²) in [5.74, 6) is -3.44. The van der Waals surface area contributed by atoms with Crippen molar-refractivity contribution in [1.29, 1.82) is 0 Å². The van der Waals surface area contributed by atoms with Gasteiger partial charge in [-0.05, 0) is 24.6 Å². The maximum atomic E-state index is 13.4. The first-order chi connectivity index (χ1) is 11.1. The third-order valence-electron chi connectivity index (χ3n) is 3.58. The minimum absolute atomic E-state index is 0.162. The molecule has 1 heterocycles. The molecule has 0 spiro atoms. The van der Waals surface area contributed by atoms with E-state index < -0.39 is 35.9 Å². The van der Waals surface area contributed by atoms with E-state index in [1.54, 1.807) is 0 Å². The van der Waals surface area contributed by atoms with E-state index in [1.807, 2.05) is 0 Å². The number of aliphatic hydroxyl groups is 1. The predicted molar refractivity (Wildman–Crippen MR) is 77.0 cm³/mol. The fraction of sp³-hybridized carbons (Fsp3) is 0.429. The second-order valence-electron chi connectivity index (χ2n) is 5.12. The fourth-order valence-corrected chi connectivity index (χ4v) is 2.61. The first-order valence-electron chi connectivity index (χ1n) is 6.90. The molecule has 0 aromatic heterocycles. The highest BCUT2D eigenvalue weighted by Crippen LogP contribution is 2.43. The Bertz CT molecular complexity index is 638. The Morgan fingerprint density at radius 1 is 1.38 bits per heavy atom. The summed E-state index contributed by atoms with van der Waals surface area (Å²) in [5.41, 5.74) is -3.61. The van der Waals surface area contributed by atoms with Crippen LogP contribution in [0.15, 0.2) is 24.3 Å². The molecular formula is C14H14ClF3N2O4. The summed E-state index contributed by atoms with van der Waals surface area (Å²) >= 11 is 5.74. The summed E-state index contributed by atoms with van der Waals surface area (Å²) in [4.78, 5) is 23.8. The number of urea groups is 1. The van der Waals surface area contributed by atoms with Crippen LogP contribution in [0.1, 0.15) is 18.5 Å². The molecule has 2 rings (SSSR count). The van der Waals surface area contributed by atoms with Gasteiger partial charge < -0.3 is 20.5 Å². The van der Waals surface area contributed by atoms with Gasteiger partial charge in [0.1, 0.15) is 5.92 Å². The molecule has 0 unspecified atom stereocenters. The maximum absolute atomic E-state index is 13.4. The lowest BCUT2D eigenvalue weighted by Crippen LogP contribution is -2.73. The number of carbonyl (C=O) groups is 2. The van der Waals surface area contributed by atoms with Crippen molar-refractivity contribution in [3.8, 4) is 0 Å². The molecular weight excluding hydrogens is 353 g/mol. The standard InChI is InChI=1S/C14H14ClF3N2O4/c1-2-24-11(21)9-10(7-3-5-8(15)6-4-7)19-12(22)20-13(9,23)14(16,17)18/h3-6,9-10,23H,2H2,1H3,(H2,19,20,22)/t9-,10-,13+/m1/s1. The molecule has 0 radical (unpaired) electrons. The zero-order chi connectivity index (χ0) is 18.1. The quantitative estimate of drug-likeness (QED) is 0.715. The van der Waals surface area contributed by atoms with Crippen LogP contribution in [0.3, 0.4) is 0 Å². The molecule has 2 amide bonds. The van der Waals surface area contributed by atoms with Gasteiger partial charge in [0, 0.05) is 5.02 Å². The van der Waals surface area contributed by atoms with Gasteiger partial charge in [0.05, 0.1) is 12.6 Å². The van der Waals surface area contributed by atoms with Gasteiger partial charge in [-0.15, -0.1) is 0 Å². The average Bonchev–Trinajstić information content (AvgIpc) is 2.46. The van der Waals surface area contributed by atoms with Crippen LogP contribution in [0.4, 0.5) is 18.0 Å². The number of halogens is 4. The largest absolute Gasteiger partial charge is 0.466 e. The number of rotatable bonds is 3. The van der Waals surface area contributed by atoms with E-state index >= 15 is 0 Å². The van der Waals surface area contributed by atoms with Crippen LogP contribution in [0.2, 0.25) is 5.02 Å². The molecule has 24 heavy (non-hydrogen) atoms. The zero-order valence-electron chi connectivity index (χ0n) is 12.4. The lowest BCUT2D eigenvalue weighted by atomic mass is 9.82. The van der Waals surface area contributed by atoms with Crippen LogP contribution in [0.25, 0.3) is 0 Å². The van der Waals surface area contributed by atoms with Crippen LogP contribution >= 0.6 is 11.6 Å². The summed E-state index contributed by atoms with van der Waals surface area (Å²) in [6.07, 6.45) is -5.30. The Balaban J connectivity index is 2.55. The molecule has 1 fully saturated rings. The van der Waals surface area contributed by atoms with Crippen LogP contribution in [0.5, 0.6) is 0 Å². The highest BCUT2D eigenvalue weighted by molar-refractivity contribution is 6.30. The lowest BCUT2D eigenvalue weighted by Gasteiger charge is -2.44. The lowest BCUT2D eigenvalue weighted by molar-refractivity contribution is -0.294. The van der Waals surface area contributed by atoms with Crippen LogP contribution in [-0.2, 0) is 9.53 Å². The number of alkyl halides is 3. The number of carbonyl (C=O) groups excluding carboxylic acids is 2. The average molecular weight is 367 g/mol. The molecule has 3 N–H and O–H groups in total. The van der Waals surface area contributed by atoms with E-state index in [9.17, 15) is 27.9 Å². The minimum atomic E-state index is -5.30. The van der Waals surface area contributed by atoms with Crippen LogP contribution in [-0.4, -0.2) is 35.6 Å². The Morgan fingerprint density at radius 2 is 1.96 bits per heavy atom. The number of amides is 2. The molecule has 1 aromatic rings. The molecule has 1 aliphatic rings. The Kier molecular flexibility index (Phi) is 4.95. The number of benzene rings is 1. The van der Waals surface area contributed by atoms with Crippen LogP contribution < -0.4 is 10.6 Å². The molecule has 1 saturated heterocycles. The van der Waals surface area contributed by atoms with Crippen molar-refractivity contribution in [3.63, 3.8) is 0 Å². The van der Waals surface area contributed by atoms with Gasteiger partial charge in [0.25, 0.3) is 5.72 Å². The third kappa shape index (κ3) is 3.27. The minimum Gasteiger partial charge on any atom is -0.466 e. The molecule has 6 nitrogen and oxygen atoms in total. The van der Waals surface area contributed by atoms with Crippen molar-refractivity contribution >= 4 is 23.6 Å². The normalized spacial score (nSPS) is 27.2. The van der Waals surface area contributed by atoms with E-state index in [1.165, 1.54) is 36.5 Å². The van der Waals surface area contributed by atoms with E-state index in [0.717, 1.165) is 0 Å². The first-order valence-corrected chi connectivity index (χ1v) is 7.28. The van der Waals surface area contributed by atoms with E-state index in [0.29, 0.717) is 5.02 Å². The van der Waals surface area contributed by atoms with E-state index in [-0.39, 0.29) is 12.2 Å². The van der Waals surface area contributed by atoms with E-state index in [4.69, 9.17) is 11.6 Å². The summed E-state index contributed by atoms with van der Waals surface area (Å²) in [7, 11) is 0. The van der Waals surface area contributed by atoms with Gasteiger partial charge in [-0.3, -0.25) is 4.79 Å². The Morgan fingerprint density at radius 3 is 2.46 bits per heavy atom. The highest BCUT2D eigenvalue weighted by Gasteiger charge is 2.67. The van der Waals surface area contributed by atoms with Gasteiger partial charge in [0.2, 0.25) is 0 Å². The molecule has 1 aromatic carbocycles. The van der Waals surface area contributed by atoms with Gasteiger partial charge in [-0.1, -0.05) is 23.7 Å². The van der Waals surface area contributed by atoms with Crippen molar-refractivity contribution in [2.45, 2.75) is 24.9 Å². The van der Waals surface area contributed by atoms with Crippen molar-refractivity contribution in [3.05, 3.63) is 34.9 Å². The Labute approximate surface area is 139 Å². The highest BCUT2D eigenvalue weighted by atomic mass is 35.5. The molecule has 0 saturated carbocycles. The maximum Gasteiger partial charge on any atom is 0.437 e. The smallest absolute Gasteiger partial charge is 0.437 e. The third-order valence-corrected chi connectivity index (χ3v) is 3.83. The number of hydrogen-bond acceptors (Lipinski definition) is 4. The van der Waals surface area contributed by atoms with Gasteiger partial charge in [0.15, 0.2) is 0 Å². The van der Waals surface area contributed by atoms with Crippen molar-refractivity contribution < 1.29 is 32.6 Å². The second kappa shape index (κ2) is 6.48. The molecule has 3 atom stereocenters. The topological polar surface area (TPSA) is 87.7 Å². The van der Waals surface area contributed by atoms with Crippen LogP contribution in [0, 0.1) is 5.92 Å². The van der Waals surface area contributed by atoms with Gasteiger partial charge in [-0.25, -0.2) is 4.79 Å². The van der Waals surface area contributed by atoms with Crippen molar-refractivity contribution in [1.82, 2.24) is 10.6 Å². The summed E-state index contributed by atoms with van der Waals surface area (Å²) < 4.78 is 44.8. The SMILES string of the molecule is CCOC(=O)[C@H]1[C@@H](c2ccc(Cl)cc2)NC(=O)N[C@@]1(O)C(F)(F)F. The predicted octanol–water partition coefficient (Wildman–Crippen LogP) is 2.12. The summed E-state index contributed by atoms with van der Waals surface area (Å²) in [6.45, 7) is 1.22. The van der Waals surface area contributed by atoms with Gasteiger partial charge >= 0.3 is 18.2 Å². The molecule has 1 aliphatic heterocycles. The van der Waals surface area contributed by atoms with Crippen molar-refractivity contribution in [2.24, 2.45) is 5.92 Å². The number of ether oxygens (including phenoxy) is 1. The molecule has 10 heteroatoms. The summed E-state index contributed by atoms with van der Waals surface area (Å²) in [5, 5.41) is 14.0. The fourth-order valence-electron chi connectivity index (χ4n) is 2.48. The number of nitrogens with one attached hydrogen (secondary N) is 2. The van der Waals surface area contributed by atoms with Gasteiger partial charge in [-0.2, -0.15) is 13.2 Å². The zero-order valence-corrected chi connectivity index (χ0v) is 13.1. The monoisotopic (exact) mass is 366 g/mol. The number of hydrogen-bond donors (Lipinski definition) is 3. The Hall–Kier alpha value is -2.00. The molecule has 132 valence electrons. The first kappa shape index (κ1) is 18.3.